The van der Waals surface area contributed by atoms with Crippen LogP contribution in [0.15, 0.2) is 42.5 Å². The van der Waals surface area contributed by atoms with Gasteiger partial charge in [-0.2, -0.15) is 0 Å². The first-order chi connectivity index (χ1) is 18.4. The van der Waals surface area contributed by atoms with E-state index in [-0.39, 0.29) is 35.7 Å². The van der Waals surface area contributed by atoms with Crippen molar-refractivity contribution in [2.45, 2.75) is 71.4 Å². The Morgan fingerprint density at radius 1 is 0.921 bits per heavy atom. The summed E-state index contributed by atoms with van der Waals surface area (Å²) >= 11 is 0. The fourth-order valence-corrected chi connectivity index (χ4v) is 6.32. The Morgan fingerprint density at radius 3 is 2.53 bits per heavy atom. The van der Waals surface area contributed by atoms with Gasteiger partial charge in [-0.3, -0.25) is 9.59 Å². The number of carbonyl (C=O) groups excluding carboxylic acids is 3. The molecule has 3 atom stereocenters. The molecule has 1 aliphatic carbocycles. The molecule has 3 unspecified atom stereocenters. The number of aryl methyl sites for hydroxylation is 2. The molecule has 0 bridgehead atoms. The number of fused-ring (bicyclic) bond motifs is 2. The molecule has 5 rings (SSSR count). The predicted octanol–water partition coefficient (Wildman–Crippen LogP) is 4.81. The van der Waals surface area contributed by atoms with Crippen molar-refractivity contribution in [1.29, 1.82) is 0 Å². The summed E-state index contributed by atoms with van der Waals surface area (Å²) in [6, 6.07) is 13.7. The van der Waals surface area contributed by atoms with Crippen LogP contribution < -0.4 is 10.6 Å². The summed E-state index contributed by atoms with van der Waals surface area (Å²) in [5.74, 6) is -0.563. The van der Waals surface area contributed by atoms with E-state index in [1.54, 1.807) is 0 Å². The van der Waals surface area contributed by atoms with Crippen LogP contribution in [0, 0.1) is 25.7 Å². The Hall–Kier alpha value is -3.35. The molecular formula is C31H40N4O3. The Morgan fingerprint density at radius 2 is 1.71 bits per heavy atom. The quantitative estimate of drug-likeness (QED) is 0.601. The molecule has 7 heteroatoms. The third kappa shape index (κ3) is 5.71. The van der Waals surface area contributed by atoms with Gasteiger partial charge in [0.1, 0.15) is 0 Å². The zero-order valence-electron chi connectivity index (χ0n) is 22.7. The SMILES string of the molecule is Cc1ccc(NC(=O)N2CCCCCCNC(=O)C3CC(C(=O)N4CCc5ccccc5C4)CC32)cc1C. The normalized spacial score (nSPS) is 24.1. The van der Waals surface area contributed by atoms with Crippen molar-refractivity contribution in [2.75, 3.05) is 25.0 Å². The summed E-state index contributed by atoms with van der Waals surface area (Å²) in [4.78, 5) is 44.6. The minimum atomic E-state index is -0.385. The molecule has 2 aliphatic heterocycles. The summed E-state index contributed by atoms with van der Waals surface area (Å²) in [5, 5.41) is 6.19. The molecular weight excluding hydrogens is 476 g/mol. The molecule has 2 aromatic rings. The van der Waals surface area contributed by atoms with Gasteiger partial charge in [0.25, 0.3) is 0 Å². The van der Waals surface area contributed by atoms with Crippen molar-refractivity contribution < 1.29 is 14.4 Å². The highest BCUT2D eigenvalue weighted by Crippen LogP contribution is 2.38. The molecule has 0 radical (unpaired) electrons. The van der Waals surface area contributed by atoms with Gasteiger partial charge < -0.3 is 20.4 Å². The van der Waals surface area contributed by atoms with Crippen LogP contribution in [0.1, 0.15) is 60.8 Å². The lowest BCUT2D eigenvalue weighted by Gasteiger charge is -2.33. The van der Waals surface area contributed by atoms with Crippen LogP contribution in [0.4, 0.5) is 10.5 Å². The second kappa shape index (κ2) is 11.6. The molecule has 202 valence electrons. The van der Waals surface area contributed by atoms with E-state index >= 15 is 0 Å². The summed E-state index contributed by atoms with van der Waals surface area (Å²) in [7, 11) is 0. The lowest BCUT2D eigenvalue weighted by Crippen LogP contribution is -2.49. The zero-order chi connectivity index (χ0) is 26.6. The highest BCUT2D eigenvalue weighted by atomic mass is 16.2. The number of hydrogen-bond donors (Lipinski definition) is 2. The fraction of sp³-hybridized carbons (Fsp3) is 0.516. The van der Waals surface area contributed by atoms with Crippen LogP contribution in [0.25, 0.3) is 0 Å². The molecule has 4 amide bonds. The van der Waals surface area contributed by atoms with Crippen molar-refractivity contribution in [3.05, 3.63) is 64.7 Å². The van der Waals surface area contributed by atoms with Gasteiger partial charge in [0.05, 0.1) is 5.92 Å². The molecule has 2 N–H and O–H groups in total. The van der Waals surface area contributed by atoms with Gasteiger partial charge in [0.2, 0.25) is 11.8 Å². The second-order valence-corrected chi connectivity index (χ2v) is 11.2. The maximum Gasteiger partial charge on any atom is 0.322 e. The molecule has 2 aromatic carbocycles. The van der Waals surface area contributed by atoms with Crippen LogP contribution >= 0.6 is 0 Å². The molecule has 3 aliphatic rings. The highest BCUT2D eigenvalue weighted by Gasteiger charge is 2.46. The lowest BCUT2D eigenvalue weighted by molar-refractivity contribution is -0.136. The van der Waals surface area contributed by atoms with E-state index < -0.39 is 0 Å². The number of anilines is 1. The summed E-state index contributed by atoms with van der Waals surface area (Å²) in [6.07, 6.45) is 5.73. The van der Waals surface area contributed by atoms with E-state index in [1.807, 2.05) is 47.1 Å². The molecule has 0 aromatic heterocycles. The number of carbonyl (C=O) groups is 3. The van der Waals surface area contributed by atoms with Gasteiger partial charge in [-0.25, -0.2) is 4.79 Å². The maximum atomic E-state index is 13.7. The lowest BCUT2D eigenvalue weighted by atomic mass is 9.97. The third-order valence-electron chi connectivity index (χ3n) is 8.70. The average molecular weight is 517 g/mol. The predicted molar refractivity (Wildman–Crippen MR) is 149 cm³/mol. The summed E-state index contributed by atoms with van der Waals surface area (Å²) in [6.45, 7) is 6.63. The number of nitrogens with zero attached hydrogens (tertiary/aromatic N) is 2. The van der Waals surface area contributed by atoms with E-state index in [2.05, 4.69) is 29.7 Å². The monoisotopic (exact) mass is 516 g/mol. The summed E-state index contributed by atoms with van der Waals surface area (Å²) in [5.41, 5.74) is 5.56. The molecule has 0 spiro atoms. The topological polar surface area (TPSA) is 81.8 Å². The fourth-order valence-electron chi connectivity index (χ4n) is 6.32. The molecule has 38 heavy (non-hydrogen) atoms. The van der Waals surface area contributed by atoms with Gasteiger partial charge in [-0.05, 0) is 80.3 Å². The largest absolute Gasteiger partial charge is 0.356 e. The first kappa shape index (κ1) is 26.3. The number of benzene rings is 2. The number of amides is 4. The molecule has 2 heterocycles. The van der Waals surface area contributed by atoms with Crippen molar-refractivity contribution >= 4 is 23.5 Å². The van der Waals surface area contributed by atoms with Gasteiger partial charge in [0, 0.05) is 43.8 Å². The van der Waals surface area contributed by atoms with Crippen molar-refractivity contribution in [3.8, 4) is 0 Å². The average Bonchev–Trinajstić information content (AvgIpc) is 3.35. The minimum absolute atomic E-state index is 0.0276. The van der Waals surface area contributed by atoms with Gasteiger partial charge in [0.15, 0.2) is 0 Å². The van der Waals surface area contributed by atoms with Crippen LogP contribution in [0.2, 0.25) is 0 Å². The Kier molecular flexibility index (Phi) is 8.01. The summed E-state index contributed by atoms with van der Waals surface area (Å²) < 4.78 is 0. The number of urea groups is 1. The molecule has 1 saturated carbocycles. The number of rotatable bonds is 2. The molecule has 1 saturated heterocycles. The van der Waals surface area contributed by atoms with Crippen molar-refractivity contribution in [1.82, 2.24) is 15.1 Å². The standard InChI is InChI=1S/C31H40N4O3/c1-21-11-12-26(17-22(21)2)33-31(38)35-15-8-4-3-7-14-32-29(36)27-18-25(19-28(27)35)30(37)34-16-13-23-9-5-6-10-24(23)20-34/h5-6,9-12,17,25,27-28H,3-4,7-8,13-16,18-20H2,1-2H3,(H,32,36)(H,33,38). The van der Waals surface area contributed by atoms with E-state index in [4.69, 9.17) is 0 Å². The zero-order valence-corrected chi connectivity index (χ0v) is 22.7. The Labute approximate surface area is 226 Å². The van der Waals surface area contributed by atoms with Crippen LogP contribution in [-0.2, 0) is 22.6 Å². The highest BCUT2D eigenvalue weighted by molar-refractivity contribution is 5.91. The van der Waals surface area contributed by atoms with Crippen molar-refractivity contribution in [2.24, 2.45) is 11.8 Å². The third-order valence-corrected chi connectivity index (χ3v) is 8.70. The van der Waals surface area contributed by atoms with E-state index in [0.717, 1.165) is 43.4 Å². The van der Waals surface area contributed by atoms with Crippen LogP contribution in [-0.4, -0.2) is 53.3 Å². The first-order valence-electron chi connectivity index (χ1n) is 14.2. The number of nitrogens with one attached hydrogen (secondary N) is 2. The van der Waals surface area contributed by atoms with Crippen LogP contribution in [0.5, 0.6) is 0 Å². The minimum Gasteiger partial charge on any atom is -0.356 e. The van der Waals surface area contributed by atoms with E-state index in [0.29, 0.717) is 39.0 Å². The molecule has 7 nitrogen and oxygen atoms in total. The van der Waals surface area contributed by atoms with Gasteiger partial charge in [-0.15, -0.1) is 0 Å². The van der Waals surface area contributed by atoms with E-state index in [9.17, 15) is 14.4 Å². The first-order valence-corrected chi connectivity index (χ1v) is 14.2. The van der Waals surface area contributed by atoms with Crippen molar-refractivity contribution in [3.63, 3.8) is 0 Å². The molecule has 2 fully saturated rings. The Bertz CT molecular complexity index is 1200. The van der Waals surface area contributed by atoms with Gasteiger partial charge in [-0.1, -0.05) is 43.2 Å². The number of hydrogen-bond acceptors (Lipinski definition) is 3. The van der Waals surface area contributed by atoms with Gasteiger partial charge >= 0.3 is 6.03 Å². The van der Waals surface area contributed by atoms with E-state index in [1.165, 1.54) is 16.7 Å². The Balaban J connectivity index is 1.36. The van der Waals surface area contributed by atoms with Crippen LogP contribution in [0.3, 0.4) is 0 Å². The second-order valence-electron chi connectivity index (χ2n) is 11.2. The maximum absolute atomic E-state index is 13.7. The smallest absolute Gasteiger partial charge is 0.322 e.